The van der Waals surface area contributed by atoms with Gasteiger partial charge in [0, 0.05) is 19.3 Å². The van der Waals surface area contributed by atoms with Gasteiger partial charge in [0.2, 0.25) is 0 Å². The highest BCUT2D eigenvalue weighted by atomic mass is 16.6. The second kappa shape index (κ2) is 53.5. The molecule has 1 unspecified atom stereocenters. The molecule has 1 atom stereocenters. The van der Waals surface area contributed by atoms with Crippen molar-refractivity contribution in [1.29, 1.82) is 0 Å². The van der Waals surface area contributed by atoms with Crippen LogP contribution in [0.1, 0.15) is 310 Å². The Hall–Kier alpha value is -2.11. The lowest BCUT2D eigenvalue weighted by Gasteiger charge is -2.18. The molecule has 0 bridgehead atoms. The standard InChI is InChI=1S/C58H108O6/c1-4-7-10-13-16-19-22-24-25-26-27-28-29-30-31-32-34-36-39-42-45-48-51-57(60)63-54-55(53-62-56(59)50-47-44-41-38-35-21-18-15-12-9-6-3)64-58(61)52-49-46-43-40-37-33-23-20-17-14-11-8-5-2/h11,14,20,23,55H,4-10,12-13,15-19,21-22,24-54H2,1-3H3/b14-11-,23-20-. The fourth-order valence-electron chi connectivity index (χ4n) is 8.42. The summed E-state index contributed by atoms with van der Waals surface area (Å²) in [4.78, 5) is 38.0. The van der Waals surface area contributed by atoms with Crippen molar-refractivity contribution in [3.63, 3.8) is 0 Å². The summed E-state index contributed by atoms with van der Waals surface area (Å²) in [5.74, 6) is -0.869. The molecule has 0 aromatic heterocycles. The van der Waals surface area contributed by atoms with Gasteiger partial charge in [0.05, 0.1) is 0 Å². The molecule has 0 fully saturated rings. The lowest BCUT2D eigenvalue weighted by molar-refractivity contribution is -0.167. The Labute approximate surface area is 398 Å². The summed E-state index contributed by atoms with van der Waals surface area (Å²) in [7, 11) is 0. The number of hydrogen-bond donors (Lipinski definition) is 0. The minimum absolute atomic E-state index is 0.0719. The molecule has 376 valence electrons. The average Bonchev–Trinajstić information content (AvgIpc) is 3.29. The molecule has 0 aromatic carbocycles. The van der Waals surface area contributed by atoms with E-state index in [-0.39, 0.29) is 31.1 Å². The zero-order chi connectivity index (χ0) is 46.5. The third-order valence-electron chi connectivity index (χ3n) is 12.7. The van der Waals surface area contributed by atoms with E-state index in [1.165, 1.54) is 180 Å². The van der Waals surface area contributed by atoms with Crippen LogP contribution in [0, 0.1) is 0 Å². The molecule has 64 heavy (non-hydrogen) atoms. The minimum atomic E-state index is -0.772. The van der Waals surface area contributed by atoms with Gasteiger partial charge in [-0.1, -0.05) is 270 Å². The van der Waals surface area contributed by atoms with Crippen LogP contribution in [0.4, 0.5) is 0 Å². The molecule has 6 nitrogen and oxygen atoms in total. The van der Waals surface area contributed by atoms with Gasteiger partial charge in [0.15, 0.2) is 6.10 Å². The minimum Gasteiger partial charge on any atom is -0.462 e. The Bertz CT molecular complexity index is 1040. The first-order chi connectivity index (χ1) is 31.5. The monoisotopic (exact) mass is 901 g/mol. The molecule has 0 aromatic rings. The Morgan fingerprint density at radius 2 is 0.594 bits per heavy atom. The third-order valence-corrected chi connectivity index (χ3v) is 12.7. The number of carbonyl (C=O) groups excluding carboxylic acids is 3. The SMILES string of the molecule is CCC/C=C\C/C=C\CCCCCCCC(=O)OC(COC(=O)CCCCCCCCCCCCC)COC(=O)CCCCCCCCCCCCCCCCCCCCCCCC. The number of esters is 3. The average molecular weight is 901 g/mol. The van der Waals surface area contributed by atoms with Gasteiger partial charge >= 0.3 is 17.9 Å². The van der Waals surface area contributed by atoms with E-state index in [2.05, 4.69) is 45.1 Å². The second-order valence-electron chi connectivity index (χ2n) is 19.2. The summed E-state index contributed by atoms with van der Waals surface area (Å²) in [6.45, 7) is 6.60. The van der Waals surface area contributed by atoms with Crippen LogP contribution < -0.4 is 0 Å². The summed E-state index contributed by atoms with van der Waals surface area (Å²) in [6.07, 6.45) is 61.8. The van der Waals surface area contributed by atoms with Crippen LogP contribution in [0.15, 0.2) is 24.3 Å². The van der Waals surface area contributed by atoms with Gasteiger partial charge in [-0.3, -0.25) is 14.4 Å². The molecule has 0 amide bonds. The van der Waals surface area contributed by atoms with Gasteiger partial charge in [0.1, 0.15) is 13.2 Å². The molecular weight excluding hydrogens is 793 g/mol. The van der Waals surface area contributed by atoms with E-state index >= 15 is 0 Å². The largest absolute Gasteiger partial charge is 0.462 e. The van der Waals surface area contributed by atoms with E-state index < -0.39 is 6.10 Å². The molecular formula is C58H108O6. The highest BCUT2D eigenvalue weighted by Gasteiger charge is 2.19. The maximum absolute atomic E-state index is 12.8. The Morgan fingerprint density at radius 1 is 0.312 bits per heavy atom. The summed E-state index contributed by atoms with van der Waals surface area (Å²) >= 11 is 0. The predicted octanol–water partition coefficient (Wildman–Crippen LogP) is 18.7. The smallest absolute Gasteiger partial charge is 0.306 e. The zero-order valence-corrected chi connectivity index (χ0v) is 43.1. The summed E-state index contributed by atoms with van der Waals surface area (Å²) in [5.41, 5.74) is 0. The number of hydrogen-bond acceptors (Lipinski definition) is 6. The van der Waals surface area contributed by atoms with Gasteiger partial charge in [-0.2, -0.15) is 0 Å². The number of allylic oxidation sites excluding steroid dienone is 4. The van der Waals surface area contributed by atoms with Crippen LogP contribution in [-0.4, -0.2) is 37.2 Å². The molecule has 0 aliphatic heterocycles. The van der Waals surface area contributed by atoms with Crippen LogP contribution in [-0.2, 0) is 28.6 Å². The van der Waals surface area contributed by atoms with Crippen molar-refractivity contribution >= 4 is 17.9 Å². The molecule has 0 N–H and O–H groups in total. The second-order valence-corrected chi connectivity index (χ2v) is 19.2. The zero-order valence-electron chi connectivity index (χ0n) is 43.1. The van der Waals surface area contributed by atoms with Gasteiger partial charge in [0.25, 0.3) is 0 Å². The highest BCUT2D eigenvalue weighted by molar-refractivity contribution is 5.71. The predicted molar refractivity (Wildman–Crippen MR) is 275 cm³/mol. The molecule has 0 aliphatic rings. The number of rotatable bonds is 52. The highest BCUT2D eigenvalue weighted by Crippen LogP contribution is 2.17. The first-order valence-corrected chi connectivity index (χ1v) is 28.3. The number of carbonyl (C=O) groups is 3. The molecule has 0 saturated carbocycles. The molecule has 0 radical (unpaired) electrons. The van der Waals surface area contributed by atoms with Crippen molar-refractivity contribution < 1.29 is 28.6 Å². The summed E-state index contributed by atoms with van der Waals surface area (Å²) in [6, 6.07) is 0. The normalized spacial score (nSPS) is 12.1. The van der Waals surface area contributed by atoms with Gasteiger partial charge in [-0.25, -0.2) is 0 Å². The fraction of sp³-hybridized carbons (Fsp3) is 0.879. The quantitative estimate of drug-likeness (QED) is 0.0262. The third kappa shape index (κ3) is 50.9. The molecule has 0 heterocycles. The number of ether oxygens (including phenoxy) is 3. The van der Waals surface area contributed by atoms with Crippen LogP contribution in [0.3, 0.4) is 0 Å². The van der Waals surface area contributed by atoms with E-state index in [0.29, 0.717) is 19.3 Å². The van der Waals surface area contributed by atoms with Gasteiger partial charge < -0.3 is 14.2 Å². The lowest BCUT2D eigenvalue weighted by atomic mass is 10.0. The van der Waals surface area contributed by atoms with Crippen LogP contribution >= 0.6 is 0 Å². The van der Waals surface area contributed by atoms with E-state index in [1.807, 2.05) is 0 Å². The van der Waals surface area contributed by atoms with E-state index in [0.717, 1.165) is 89.9 Å². The van der Waals surface area contributed by atoms with Crippen LogP contribution in [0.2, 0.25) is 0 Å². The van der Waals surface area contributed by atoms with Crippen LogP contribution in [0.5, 0.6) is 0 Å². The van der Waals surface area contributed by atoms with Gasteiger partial charge in [-0.05, 0) is 44.9 Å². The Kier molecular flexibility index (Phi) is 51.7. The maximum atomic E-state index is 12.8. The topological polar surface area (TPSA) is 78.9 Å². The van der Waals surface area contributed by atoms with Crippen molar-refractivity contribution in [2.45, 2.75) is 316 Å². The number of unbranched alkanes of at least 4 members (excludes halogenated alkanes) is 37. The molecule has 0 spiro atoms. The van der Waals surface area contributed by atoms with E-state index in [4.69, 9.17) is 14.2 Å². The fourth-order valence-corrected chi connectivity index (χ4v) is 8.42. The summed E-state index contributed by atoms with van der Waals surface area (Å²) < 4.78 is 16.8. The van der Waals surface area contributed by atoms with Gasteiger partial charge in [-0.15, -0.1) is 0 Å². The van der Waals surface area contributed by atoms with Crippen LogP contribution in [0.25, 0.3) is 0 Å². The van der Waals surface area contributed by atoms with Crippen molar-refractivity contribution in [3.05, 3.63) is 24.3 Å². The lowest BCUT2D eigenvalue weighted by Crippen LogP contribution is -2.30. The molecule has 6 heteroatoms. The van der Waals surface area contributed by atoms with Crippen molar-refractivity contribution in [2.75, 3.05) is 13.2 Å². The van der Waals surface area contributed by atoms with Crippen molar-refractivity contribution in [3.8, 4) is 0 Å². The first-order valence-electron chi connectivity index (χ1n) is 28.3. The first kappa shape index (κ1) is 61.9. The maximum Gasteiger partial charge on any atom is 0.306 e. The molecule has 0 aliphatic carbocycles. The molecule has 0 saturated heterocycles. The van der Waals surface area contributed by atoms with Crippen molar-refractivity contribution in [2.24, 2.45) is 0 Å². The van der Waals surface area contributed by atoms with E-state index in [9.17, 15) is 14.4 Å². The van der Waals surface area contributed by atoms with Crippen molar-refractivity contribution in [1.82, 2.24) is 0 Å². The Morgan fingerprint density at radius 3 is 0.922 bits per heavy atom. The summed E-state index contributed by atoms with van der Waals surface area (Å²) in [5, 5.41) is 0. The Balaban J connectivity index is 4.21. The van der Waals surface area contributed by atoms with E-state index in [1.54, 1.807) is 0 Å². The molecule has 0 rings (SSSR count).